The molecule has 0 saturated heterocycles. The Morgan fingerprint density at radius 3 is 2.86 bits per heavy atom. The Morgan fingerprint density at radius 1 is 1.55 bits per heavy atom. The summed E-state index contributed by atoms with van der Waals surface area (Å²) in [5.41, 5.74) is 0.689. The first kappa shape index (κ1) is 17.7. The quantitative estimate of drug-likeness (QED) is 0.644. The van der Waals surface area contributed by atoms with Crippen LogP contribution in [-0.2, 0) is 9.53 Å². The van der Waals surface area contributed by atoms with Gasteiger partial charge in [-0.05, 0) is 31.5 Å². The Balaban J connectivity index is 2.58. The van der Waals surface area contributed by atoms with Crippen molar-refractivity contribution in [1.82, 2.24) is 0 Å². The Labute approximate surface area is 133 Å². The van der Waals surface area contributed by atoms with E-state index in [1.54, 1.807) is 13.1 Å². The molecule has 0 aliphatic heterocycles. The first-order chi connectivity index (χ1) is 10.5. The molecule has 1 atom stereocenters. The average Bonchev–Trinajstić information content (AvgIpc) is 2.52. The molecule has 0 aliphatic carbocycles. The molecular formula is C15H16ClN3O3. The lowest BCUT2D eigenvalue weighted by atomic mass is 10.1. The van der Waals surface area contributed by atoms with E-state index in [1.165, 1.54) is 25.3 Å². The van der Waals surface area contributed by atoms with Gasteiger partial charge in [0.15, 0.2) is 0 Å². The number of nitrogens with one attached hydrogen (secondary N) is 1. The minimum absolute atomic E-state index is 0.0623. The maximum absolute atomic E-state index is 11.7. The summed E-state index contributed by atoms with van der Waals surface area (Å²) >= 11 is 6.00. The summed E-state index contributed by atoms with van der Waals surface area (Å²) in [6.07, 6.45) is 2.05. The van der Waals surface area contributed by atoms with E-state index in [9.17, 15) is 9.59 Å². The van der Waals surface area contributed by atoms with E-state index in [1.807, 2.05) is 0 Å². The van der Waals surface area contributed by atoms with Gasteiger partial charge in [-0.1, -0.05) is 11.6 Å². The van der Waals surface area contributed by atoms with Gasteiger partial charge in [-0.3, -0.25) is 9.79 Å². The predicted molar refractivity (Wildman–Crippen MR) is 84.2 cm³/mol. The van der Waals surface area contributed by atoms with Gasteiger partial charge in [-0.2, -0.15) is 5.26 Å². The van der Waals surface area contributed by atoms with Gasteiger partial charge in [0, 0.05) is 12.1 Å². The monoisotopic (exact) mass is 321 g/mol. The van der Waals surface area contributed by atoms with E-state index in [2.05, 4.69) is 21.1 Å². The number of methoxy groups -OCH3 is 1. The number of ether oxygens (including phenoxy) is 1. The van der Waals surface area contributed by atoms with E-state index < -0.39 is 5.97 Å². The largest absolute Gasteiger partial charge is 0.465 e. The molecule has 6 nitrogen and oxygen atoms in total. The Hall–Kier alpha value is -2.39. The highest BCUT2D eigenvalue weighted by Crippen LogP contribution is 2.23. The molecule has 0 saturated carbocycles. The highest BCUT2D eigenvalue weighted by atomic mass is 35.5. The average molecular weight is 322 g/mol. The van der Waals surface area contributed by atoms with E-state index in [0.717, 1.165) is 0 Å². The highest BCUT2D eigenvalue weighted by Gasteiger charge is 2.10. The molecule has 1 N–H and O–H groups in total. The van der Waals surface area contributed by atoms with Crippen LogP contribution in [0, 0.1) is 17.2 Å². The third kappa shape index (κ3) is 5.54. The Morgan fingerprint density at radius 2 is 2.27 bits per heavy atom. The molecule has 0 bridgehead atoms. The SMILES string of the molecule is COC(=O)c1ccc(NC(=O)CN=CCC(C)C#N)c(Cl)c1. The molecular weight excluding hydrogens is 306 g/mol. The number of esters is 1. The summed E-state index contributed by atoms with van der Waals surface area (Å²) in [5, 5.41) is 11.4. The maximum atomic E-state index is 11.7. The number of rotatable bonds is 6. The zero-order valence-electron chi connectivity index (χ0n) is 12.3. The van der Waals surface area contributed by atoms with Crippen molar-refractivity contribution in [2.24, 2.45) is 10.9 Å². The number of carbonyl (C=O) groups is 2. The lowest BCUT2D eigenvalue weighted by molar-refractivity contribution is -0.114. The van der Waals surface area contributed by atoms with Crippen LogP contribution in [0.2, 0.25) is 5.02 Å². The third-order valence-electron chi connectivity index (χ3n) is 2.71. The maximum Gasteiger partial charge on any atom is 0.337 e. The van der Waals surface area contributed by atoms with Gasteiger partial charge in [-0.25, -0.2) is 4.79 Å². The predicted octanol–water partition coefficient (Wildman–Crippen LogP) is 2.69. The Kier molecular flexibility index (Phi) is 7.06. The minimum Gasteiger partial charge on any atom is -0.465 e. The first-order valence-electron chi connectivity index (χ1n) is 6.53. The number of amides is 1. The van der Waals surface area contributed by atoms with Gasteiger partial charge >= 0.3 is 5.97 Å². The van der Waals surface area contributed by atoms with Crippen molar-refractivity contribution in [3.8, 4) is 6.07 Å². The van der Waals surface area contributed by atoms with Gasteiger partial charge < -0.3 is 10.1 Å². The minimum atomic E-state index is -0.504. The summed E-state index contributed by atoms with van der Waals surface area (Å²) in [6, 6.07) is 6.52. The number of hydrogen-bond acceptors (Lipinski definition) is 5. The number of nitriles is 1. The Bertz CT molecular complexity index is 623. The number of aliphatic imine (C=N–C) groups is 1. The van der Waals surface area contributed by atoms with E-state index in [0.29, 0.717) is 17.7 Å². The molecule has 1 unspecified atom stereocenters. The van der Waals surface area contributed by atoms with E-state index in [-0.39, 0.29) is 23.4 Å². The zero-order valence-corrected chi connectivity index (χ0v) is 13.1. The number of nitrogens with zero attached hydrogens (tertiary/aromatic N) is 2. The van der Waals surface area contributed by atoms with Crippen LogP contribution in [0.15, 0.2) is 23.2 Å². The summed E-state index contributed by atoms with van der Waals surface area (Å²) < 4.78 is 4.58. The molecule has 0 aromatic heterocycles. The van der Waals surface area contributed by atoms with Gasteiger partial charge in [0.1, 0.15) is 6.54 Å². The van der Waals surface area contributed by atoms with Crippen LogP contribution in [0.4, 0.5) is 5.69 Å². The fourth-order valence-corrected chi connectivity index (χ4v) is 1.71. The molecule has 7 heteroatoms. The fraction of sp³-hybridized carbons (Fsp3) is 0.333. The second-order valence-corrected chi connectivity index (χ2v) is 4.93. The molecule has 1 aromatic rings. The first-order valence-corrected chi connectivity index (χ1v) is 6.91. The van der Waals surface area contributed by atoms with E-state index >= 15 is 0 Å². The number of anilines is 1. The highest BCUT2D eigenvalue weighted by molar-refractivity contribution is 6.34. The molecule has 0 spiro atoms. The van der Waals surface area contributed by atoms with Crippen LogP contribution in [-0.4, -0.2) is 31.7 Å². The molecule has 0 aliphatic rings. The second-order valence-electron chi connectivity index (χ2n) is 4.52. The summed E-state index contributed by atoms with van der Waals surface area (Å²) in [7, 11) is 1.27. The molecule has 1 amide bonds. The topological polar surface area (TPSA) is 91.5 Å². The van der Waals surface area contributed by atoms with Crippen LogP contribution in [0.1, 0.15) is 23.7 Å². The van der Waals surface area contributed by atoms with Crippen molar-refractivity contribution in [1.29, 1.82) is 5.26 Å². The van der Waals surface area contributed by atoms with Crippen LogP contribution in [0.25, 0.3) is 0 Å². The number of carbonyl (C=O) groups excluding carboxylic acids is 2. The van der Waals surface area contributed by atoms with Gasteiger partial charge in [0.2, 0.25) is 5.91 Å². The zero-order chi connectivity index (χ0) is 16.5. The molecule has 0 radical (unpaired) electrons. The van der Waals surface area contributed by atoms with Crippen molar-refractivity contribution in [3.05, 3.63) is 28.8 Å². The third-order valence-corrected chi connectivity index (χ3v) is 3.02. The summed E-state index contributed by atoms with van der Waals surface area (Å²) in [6.45, 7) is 1.71. The standard InChI is InChI=1S/C15H16ClN3O3/c1-10(8-17)5-6-18-9-14(20)19-13-4-3-11(7-12(13)16)15(21)22-2/h3-4,6-7,10H,5,9H2,1-2H3,(H,19,20). The molecule has 22 heavy (non-hydrogen) atoms. The summed E-state index contributed by atoms with van der Waals surface area (Å²) in [5.74, 6) is -0.975. The number of hydrogen-bond donors (Lipinski definition) is 1. The van der Waals surface area contributed by atoms with E-state index in [4.69, 9.17) is 16.9 Å². The van der Waals surface area contributed by atoms with Crippen LogP contribution >= 0.6 is 11.6 Å². The molecule has 0 heterocycles. The molecule has 1 rings (SSSR count). The van der Waals surface area contributed by atoms with Gasteiger partial charge in [-0.15, -0.1) is 0 Å². The van der Waals surface area contributed by atoms with Gasteiger partial charge in [0.05, 0.1) is 29.5 Å². The molecule has 0 fully saturated rings. The lowest BCUT2D eigenvalue weighted by Gasteiger charge is -2.07. The van der Waals surface area contributed by atoms with Crippen LogP contribution in [0.3, 0.4) is 0 Å². The summed E-state index contributed by atoms with van der Waals surface area (Å²) in [4.78, 5) is 27.0. The van der Waals surface area contributed by atoms with Crippen molar-refractivity contribution in [2.75, 3.05) is 19.0 Å². The van der Waals surface area contributed by atoms with Crippen LogP contribution < -0.4 is 5.32 Å². The van der Waals surface area contributed by atoms with Crippen molar-refractivity contribution in [2.45, 2.75) is 13.3 Å². The normalized spacial score (nSPS) is 11.7. The number of halogens is 1. The van der Waals surface area contributed by atoms with Crippen molar-refractivity contribution >= 4 is 35.4 Å². The van der Waals surface area contributed by atoms with Crippen molar-refractivity contribution < 1.29 is 14.3 Å². The molecule has 1 aromatic carbocycles. The smallest absolute Gasteiger partial charge is 0.337 e. The fourth-order valence-electron chi connectivity index (χ4n) is 1.48. The molecule has 116 valence electrons. The van der Waals surface area contributed by atoms with Crippen LogP contribution in [0.5, 0.6) is 0 Å². The number of benzene rings is 1. The second kappa shape index (κ2) is 8.80. The van der Waals surface area contributed by atoms with Gasteiger partial charge in [0.25, 0.3) is 0 Å². The van der Waals surface area contributed by atoms with Crippen molar-refractivity contribution in [3.63, 3.8) is 0 Å². The lowest BCUT2D eigenvalue weighted by Crippen LogP contribution is -2.15.